The maximum atomic E-state index is 12.4. The van der Waals surface area contributed by atoms with E-state index in [1.807, 2.05) is 24.3 Å². The molecule has 2 aromatic rings. The summed E-state index contributed by atoms with van der Waals surface area (Å²) in [5.74, 6) is 0.796. The van der Waals surface area contributed by atoms with Crippen LogP contribution in [0, 0.1) is 0 Å². The van der Waals surface area contributed by atoms with E-state index in [4.69, 9.17) is 11.6 Å². The first-order valence-corrected chi connectivity index (χ1v) is 9.88. The first-order valence-electron chi connectivity index (χ1n) is 8.06. The number of sulfonamides is 1. The van der Waals surface area contributed by atoms with Crippen molar-refractivity contribution in [3.8, 4) is 0 Å². The Hall–Kier alpha value is -1.63. The molecule has 1 aliphatic rings. The van der Waals surface area contributed by atoms with Crippen LogP contribution in [0.2, 0.25) is 5.02 Å². The van der Waals surface area contributed by atoms with Gasteiger partial charge in [0.05, 0.1) is 6.54 Å². The summed E-state index contributed by atoms with van der Waals surface area (Å²) in [7, 11) is -3.36. The third kappa shape index (κ3) is 4.06. The van der Waals surface area contributed by atoms with Crippen LogP contribution in [-0.2, 0) is 16.4 Å². The number of rotatable bonds is 6. The molecule has 2 N–H and O–H groups in total. The molecule has 0 unspecified atom stereocenters. The van der Waals surface area contributed by atoms with Crippen LogP contribution < -0.4 is 10.3 Å². The van der Waals surface area contributed by atoms with Gasteiger partial charge in [-0.25, -0.2) is 13.4 Å². The fraction of sp³-hybridized carbons (Fsp3) is 0.353. The normalized spacial score (nSPS) is 15.5. The molecule has 1 fully saturated rings. The lowest BCUT2D eigenvalue weighted by Crippen LogP contribution is -2.29. The van der Waals surface area contributed by atoms with Gasteiger partial charge in [-0.3, -0.25) is 5.32 Å². The topological polar surface area (TPSA) is 63.6 Å². The Kier molecular flexibility index (Phi) is 5.38. The van der Waals surface area contributed by atoms with E-state index in [0.29, 0.717) is 18.0 Å². The lowest BCUT2D eigenvalue weighted by atomic mass is 10.1. The van der Waals surface area contributed by atoms with E-state index in [-0.39, 0.29) is 0 Å². The van der Waals surface area contributed by atoms with Crippen molar-refractivity contribution in [3.63, 3.8) is 0 Å². The zero-order chi connectivity index (χ0) is 17.0. The Balaban J connectivity index is 1.57. The summed E-state index contributed by atoms with van der Waals surface area (Å²) in [5.41, 5.74) is 1.19. The number of H-pyrrole nitrogens is 1. The maximum absolute atomic E-state index is 12.4. The largest absolute Gasteiger partial charge is 0.274 e. The van der Waals surface area contributed by atoms with Gasteiger partial charge >= 0.3 is 0 Å². The molecule has 0 aliphatic carbocycles. The summed E-state index contributed by atoms with van der Waals surface area (Å²) in [4.78, 5) is 3.34. The number of nitrogens with one attached hydrogen (secondary N) is 2. The Morgan fingerprint density at radius 2 is 1.79 bits per heavy atom. The van der Waals surface area contributed by atoms with E-state index < -0.39 is 10.0 Å². The average molecular weight is 367 g/mol. The maximum Gasteiger partial charge on any atom is 0.272 e. The first kappa shape index (κ1) is 17.2. The van der Waals surface area contributed by atoms with Crippen molar-refractivity contribution in [1.29, 1.82) is 0 Å². The number of halogens is 1. The zero-order valence-corrected chi connectivity index (χ0v) is 14.9. The predicted octanol–water partition coefficient (Wildman–Crippen LogP) is 2.59. The van der Waals surface area contributed by atoms with Crippen LogP contribution in [0.25, 0.3) is 0 Å². The first-order chi connectivity index (χ1) is 11.6. The molecule has 7 heteroatoms. The summed E-state index contributed by atoms with van der Waals surface area (Å²) in [5, 5.41) is 3.99. The van der Waals surface area contributed by atoms with Gasteiger partial charge < -0.3 is 0 Å². The highest BCUT2D eigenvalue weighted by molar-refractivity contribution is 7.89. The second-order valence-electron chi connectivity index (χ2n) is 5.85. The molecular weight excluding hydrogens is 346 g/mol. The highest BCUT2D eigenvalue weighted by Crippen LogP contribution is 2.20. The molecule has 0 atom stereocenters. The van der Waals surface area contributed by atoms with Crippen molar-refractivity contribution in [2.75, 3.05) is 25.0 Å². The van der Waals surface area contributed by atoms with Crippen molar-refractivity contribution in [2.24, 2.45) is 0 Å². The van der Waals surface area contributed by atoms with Gasteiger partial charge in [-0.2, -0.15) is 4.31 Å². The van der Waals surface area contributed by atoms with Crippen LogP contribution in [0.1, 0.15) is 18.4 Å². The minimum Gasteiger partial charge on any atom is -0.274 e. The van der Waals surface area contributed by atoms with E-state index >= 15 is 0 Å². The quantitative estimate of drug-likeness (QED) is 0.854. The van der Waals surface area contributed by atoms with Crippen molar-refractivity contribution in [2.45, 2.75) is 24.2 Å². The second-order valence-corrected chi connectivity index (χ2v) is 8.23. The summed E-state index contributed by atoms with van der Waals surface area (Å²) < 4.78 is 26.4. The molecule has 1 aliphatic heterocycles. The Morgan fingerprint density at radius 3 is 2.42 bits per heavy atom. The molecule has 128 valence electrons. The molecule has 0 saturated carbocycles. The molecule has 2 heterocycles. The van der Waals surface area contributed by atoms with Crippen LogP contribution in [0.3, 0.4) is 0 Å². The monoisotopic (exact) mass is 366 g/mol. The number of aromatic amines is 1. The summed E-state index contributed by atoms with van der Waals surface area (Å²) in [6.45, 7) is 1.98. The lowest BCUT2D eigenvalue weighted by Gasteiger charge is -2.14. The van der Waals surface area contributed by atoms with Crippen molar-refractivity contribution < 1.29 is 13.4 Å². The van der Waals surface area contributed by atoms with Gasteiger partial charge in [0.25, 0.3) is 5.82 Å². The van der Waals surface area contributed by atoms with Crippen molar-refractivity contribution >= 4 is 27.4 Å². The minimum atomic E-state index is -3.36. The second kappa shape index (κ2) is 7.51. The van der Waals surface area contributed by atoms with E-state index in [9.17, 15) is 8.42 Å². The van der Waals surface area contributed by atoms with Gasteiger partial charge in [-0.05, 0) is 36.6 Å². The van der Waals surface area contributed by atoms with E-state index in [1.54, 1.807) is 22.6 Å². The van der Waals surface area contributed by atoms with Crippen LogP contribution in [0.5, 0.6) is 0 Å². The Bertz CT molecular complexity index is 770. The fourth-order valence-electron chi connectivity index (χ4n) is 2.75. The fourth-order valence-corrected chi connectivity index (χ4v) is 4.36. The molecule has 24 heavy (non-hydrogen) atoms. The van der Waals surface area contributed by atoms with Crippen molar-refractivity contribution in [3.05, 3.63) is 53.2 Å². The van der Waals surface area contributed by atoms with E-state index in [0.717, 1.165) is 36.6 Å². The molecule has 0 amide bonds. The molecule has 1 aromatic heterocycles. The van der Waals surface area contributed by atoms with Gasteiger partial charge in [0, 0.05) is 30.6 Å². The summed E-state index contributed by atoms with van der Waals surface area (Å²) in [6.07, 6.45) is 4.29. The van der Waals surface area contributed by atoms with Gasteiger partial charge in [-0.15, -0.1) is 0 Å². The SMILES string of the molecule is O=S(=O)(c1ccc(NCCc2ccc(Cl)cc2)[nH+]c1)N1CCCC1. The average Bonchev–Trinajstić information content (AvgIpc) is 3.13. The Morgan fingerprint density at radius 1 is 1.08 bits per heavy atom. The molecule has 0 bridgehead atoms. The standard InChI is InChI=1S/C17H20ClN3O2S/c18-15-5-3-14(4-6-15)9-10-19-17-8-7-16(13-20-17)24(22,23)21-11-1-2-12-21/h3-8,13H,1-2,9-12H2,(H,19,20)/p+1. The van der Waals surface area contributed by atoms with Crippen LogP contribution in [0.15, 0.2) is 47.5 Å². The summed E-state index contributed by atoms with van der Waals surface area (Å²) >= 11 is 5.87. The summed E-state index contributed by atoms with van der Waals surface area (Å²) in [6, 6.07) is 11.2. The number of nitrogens with zero attached hydrogens (tertiary/aromatic N) is 1. The number of aromatic nitrogens is 1. The number of hydrogen-bond donors (Lipinski definition) is 1. The number of benzene rings is 1. The molecular formula is C17H21ClN3O2S+. The molecule has 5 nitrogen and oxygen atoms in total. The molecule has 0 spiro atoms. The predicted molar refractivity (Wildman–Crippen MR) is 94.6 cm³/mol. The number of anilines is 1. The van der Waals surface area contributed by atoms with Crippen molar-refractivity contribution in [1.82, 2.24) is 4.31 Å². The van der Waals surface area contributed by atoms with Crippen LogP contribution in [0.4, 0.5) is 5.82 Å². The number of hydrogen-bond acceptors (Lipinski definition) is 3. The number of pyridine rings is 1. The van der Waals surface area contributed by atoms with E-state index in [2.05, 4.69) is 10.3 Å². The third-order valence-electron chi connectivity index (χ3n) is 4.13. The van der Waals surface area contributed by atoms with Crippen LogP contribution >= 0.6 is 11.6 Å². The molecule has 3 rings (SSSR count). The highest BCUT2D eigenvalue weighted by atomic mass is 35.5. The Labute approximate surface area is 147 Å². The van der Waals surface area contributed by atoms with E-state index in [1.165, 1.54) is 5.56 Å². The molecule has 0 radical (unpaired) electrons. The van der Waals surface area contributed by atoms with Crippen LogP contribution in [-0.4, -0.2) is 32.4 Å². The minimum absolute atomic E-state index is 0.313. The lowest BCUT2D eigenvalue weighted by molar-refractivity contribution is -0.364. The third-order valence-corrected chi connectivity index (χ3v) is 6.28. The van der Waals surface area contributed by atoms with Gasteiger partial charge in [-0.1, -0.05) is 23.7 Å². The molecule has 1 saturated heterocycles. The smallest absolute Gasteiger partial charge is 0.272 e. The zero-order valence-electron chi connectivity index (χ0n) is 13.3. The highest BCUT2D eigenvalue weighted by Gasteiger charge is 2.27. The van der Waals surface area contributed by atoms with Gasteiger partial charge in [0.1, 0.15) is 11.1 Å². The van der Waals surface area contributed by atoms with Gasteiger partial charge in [0.15, 0.2) is 0 Å². The molecule has 1 aromatic carbocycles. The van der Waals surface area contributed by atoms with Gasteiger partial charge in [0.2, 0.25) is 10.0 Å².